The van der Waals surface area contributed by atoms with E-state index in [0.717, 1.165) is 6.42 Å². The predicted octanol–water partition coefficient (Wildman–Crippen LogP) is 3.00. The number of nitrogens with two attached hydrogens (primary N) is 1. The molecule has 96 valence electrons. The van der Waals surface area contributed by atoms with Crippen LogP contribution in [0, 0.1) is 5.82 Å². The Hall–Kier alpha value is -1.39. The maximum Gasteiger partial charge on any atom is 0.128 e. The van der Waals surface area contributed by atoms with Crippen LogP contribution in [-0.4, -0.2) is 15.8 Å². The van der Waals surface area contributed by atoms with Gasteiger partial charge in [-0.3, -0.25) is 4.68 Å². The molecular weight excluding hydrogens is 253 g/mol. The maximum absolute atomic E-state index is 13.9. The minimum Gasteiger partial charge on any atom is -0.326 e. The van der Waals surface area contributed by atoms with Crippen LogP contribution < -0.4 is 5.73 Å². The van der Waals surface area contributed by atoms with E-state index in [0.29, 0.717) is 10.6 Å². The zero-order valence-electron chi connectivity index (χ0n) is 10.1. The van der Waals surface area contributed by atoms with E-state index in [-0.39, 0.29) is 17.9 Å². The Morgan fingerprint density at radius 2 is 2.17 bits per heavy atom. The van der Waals surface area contributed by atoms with Crippen LogP contribution in [0.4, 0.5) is 4.39 Å². The summed E-state index contributed by atoms with van der Waals surface area (Å²) in [6.45, 7) is 1.96. The fourth-order valence-electron chi connectivity index (χ4n) is 1.97. The van der Waals surface area contributed by atoms with Crippen molar-refractivity contribution in [1.82, 2.24) is 9.78 Å². The minimum atomic E-state index is -0.344. The highest BCUT2D eigenvalue weighted by atomic mass is 35.5. The Kier molecular flexibility index (Phi) is 3.99. The Bertz CT molecular complexity index is 526. The van der Waals surface area contributed by atoms with Gasteiger partial charge in [-0.2, -0.15) is 5.10 Å². The van der Waals surface area contributed by atoms with Crippen LogP contribution >= 0.6 is 11.6 Å². The van der Waals surface area contributed by atoms with Crippen molar-refractivity contribution in [3.05, 3.63) is 53.1 Å². The van der Waals surface area contributed by atoms with Gasteiger partial charge in [0.2, 0.25) is 0 Å². The van der Waals surface area contributed by atoms with Gasteiger partial charge >= 0.3 is 0 Å². The summed E-state index contributed by atoms with van der Waals surface area (Å²) in [6, 6.07) is 6.03. The molecule has 0 saturated carbocycles. The van der Waals surface area contributed by atoms with Crippen LogP contribution in [0.3, 0.4) is 0 Å². The second-order valence-electron chi connectivity index (χ2n) is 4.18. The van der Waals surface area contributed by atoms with E-state index < -0.39 is 0 Å². The topological polar surface area (TPSA) is 43.8 Å². The third-order valence-corrected chi connectivity index (χ3v) is 3.15. The molecule has 0 saturated heterocycles. The van der Waals surface area contributed by atoms with E-state index in [2.05, 4.69) is 5.10 Å². The third kappa shape index (κ3) is 2.54. The average molecular weight is 268 g/mol. The molecule has 0 fully saturated rings. The number of aromatic nitrogens is 2. The summed E-state index contributed by atoms with van der Waals surface area (Å²) in [7, 11) is 0. The van der Waals surface area contributed by atoms with Crippen LogP contribution in [0.5, 0.6) is 0 Å². The molecule has 5 heteroatoms. The van der Waals surface area contributed by atoms with E-state index in [1.165, 1.54) is 12.3 Å². The standard InChI is InChI=1S/C13H15ClFN3/c1-2-12(16)13(18-8-9(14)7-17-18)10-5-3-4-6-11(10)15/h3-8,12-13H,2,16H2,1H3. The number of halogens is 2. The summed E-state index contributed by atoms with van der Waals surface area (Å²) in [6.07, 6.45) is 3.91. The molecule has 1 aromatic carbocycles. The molecule has 0 aliphatic rings. The Morgan fingerprint density at radius 1 is 1.44 bits per heavy atom. The average Bonchev–Trinajstić information content (AvgIpc) is 2.78. The monoisotopic (exact) mass is 267 g/mol. The minimum absolute atomic E-state index is 0.224. The SMILES string of the molecule is CCC(N)C(c1ccccc1F)n1cc(Cl)cn1. The Balaban J connectivity index is 2.47. The maximum atomic E-state index is 13.9. The summed E-state index contributed by atoms with van der Waals surface area (Å²) in [5.41, 5.74) is 6.62. The van der Waals surface area contributed by atoms with E-state index in [1.807, 2.05) is 6.92 Å². The van der Waals surface area contributed by atoms with Crippen molar-refractivity contribution in [3.8, 4) is 0 Å². The fraction of sp³-hybridized carbons (Fsp3) is 0.308. The van der Waals surface area contributed by atoms with Crippen LogP contribution in [0.2, 0.25) is 5.02 Å². The molecule has 2 aromatic rings. The molecule has 1 heterocycles. The highest BCUT2D eigenvalue weighted by Crippen LogP contribution is 2.25. The number of hydrogen-bond donors (Lipinski definition) is 1. The normalized spacial score (nSPS) is 14.4. The van der Waals surface area contributed by atoms with Crippen LogP contribution in [0.15, 0.2) is 36.7 Å². The fourth-order valence-corrected chi connectivity index (χ4v) is 2.12. The molecule has 0 aliphatic heterocycles. The van der Waals surface area contributed by atoms with E-state index in [1.54, 1.807) is 29.1 Å². The highest BCUT2D eigenvalue weighted by molar-refractivity contribution is 6.30. The van der Waals surface area contributed by atoms with Crippen molar-refractivity contribution < 1.29 is 4.39 Å². The van der Waals surface area contributed by atoms with E-state index in [9.17, 15) is 4.39 Å². The lowest BCUT2D eigenvalue weighted by Crippen LogP contribution is -2.33. The number of hydrogen-bond acceptors (Lipinski definition) is 2. The second kappa shape index (κ2) is 5.50. The first-order valence-electron chi connectivity index (χ1n) is 5.83. The Labute approximate surface area is 110 Å². The van der Waals surface area contributed by atoms with Crippen molar-refractivity contribution in [2.24, 2.45) is 5.73 Å². The molecule has 2 unspecified atom stereocenters. The highest BCUT2D eigenvalue weighted by Gasteiger charge is 2.24. The van der Waals surface area contributed by atoms with E-state index >= 15 is 0 Å². The molecule has 0 radical (unpaired) electrons. The molecular formula is C13H15ClFN3. The first-order valence-corrected chi connectivity index (χ1v) is 6.21. The molecule has 2 atom stereocenters. The van der Waals surface area contributed by atoms with Crippen molar-refractivity contribution >= 4 is 11.6 Å². The van der Waals surface area contributed by atoms with E-state index in [4.69, 9.17) is 17.3 Å². The largest absolute Gasteiger partial charge is 0.326 e. The van der Waals surface area contributed by atoms with Gasteiger partial charge in [0.1, 0.15) is 5.82 Å². The van der Waals surface area contributed by atoms with Crippen molar-refractivity contribution in [2.75, 3.05) is 0 Å². The van der Waals surface area contributed by atoms with Crippen LogP contribution in [-0.2, 0) is 0 Å². The molecule has 3 nitrogen and oxygen atoms in total. The number of benzene rings is 1. The molecule has 1 aromatic heterocycles. The van der Waals surface area contributed by atoms with Gasteiger partial charge in [0.25, 0.3) is 0 Å². The van der Waals surface area contributed by atoms with Crippen molar-refractivity contribution in [3.63, 3.8) is 0 Å². The summed E-state index contributed by atoms with van der Waals surface area (Å²) >= 11 is 5.86. The molecule has 0 bridgehead atoms. The van der Waals surface area contributed by atoms with Gasteiger partial charge in [0.15, 0.2) is 0 Å². The summed E-state index contributed by atoms with van der Waals surface area (Å²) < 4.78 is 15.5. The molecule has 2 N–H and O–H groups in total. The van der Waals surface area contributed by atoms with Crippen molar-refractivity contribution in [2.45, 2.75) is 25.4 Å². The summed E-state index contributed by atoms with van der Waals surface area (Å²) in [5.74, 6) is -0.280. The van der Waals surface area contributed by atoms with Gasteiger partial charge in [0.05, 0.1) is 17.3 Å². The van der Waals surface area contributed by atoms with Gasteiger partial charge in [0, 0.05) is 17.8 Å². The van der Waals surface area contributed by atoms with Gasteiger partial charge in [-0.25, -0.2) is 4.39 Å². The van der Waals surface area contributed by atoms with Gasteiger partial charge in [-0.1, -0.05) is 36.7 Å². The quantitative estimate of drug-likeness (QED) is 0.925. The first kappa shape index (κ1) is 13.1. The summed E-state index contributed by atoms with van der Waals surface area (Å²) in [4.78, 5) is 0. The lowest BCUT2D eigenvalue weighted by molar-refractivity contribution is 0.409. The van der Waals surface area contributed by atoms with Gasteiger partial charge in [-0.15, -0.1) is 0 Å². The molecule has 0 amide bonds. The lowest BCUT2D eigenvalue weighted by Gasteiger charge is -2.24. The van der Waals surface area contributed by atoms with Crippen molar-refractivity contribution in [1.29, 1.82) is 0 Å². The zero-order chi connectivity index (χ0) is 13.1. The van der Waals surface area contributed by atoms with Crippen LogP contribution in [0.1, 0.15) is 24.9 Å². The molecule has 0 aliphatic carbocycles. The molecule has 0 spiro atoms. The van der Waals surface area contributed by atoms with Gasteiger partial charge in [-0.05, 0) is 12.5 Å². The van der Waals surface area contributed by atoms with Crippen LogP contribution in [0.25, 0.3) is 0 Å². The number of rotatable bonds is 4. The lowest BCUT2D eigenvalue weighted by atomic mass is 9.98. The third-order valence-electron chi connectivity index (χ3n) is 2.96. The van der Waals surface area contributed by atoms with Gasteiger partial charge < -0.3 is 5.73 Å². The second-order valence-corrected chi connectivity index (χ2v) is 4.61. The first-order chi connectivity index (χ1) is 8.63. The summed E-state index contributed by atoms with van der Waals surface area (Å²) in [5, 5.41) is 4.65. The predicted molar refractivity (Wildman–Crippen MR) is 70.0 cm³/mol. The molecule has 2 rings (SSSR count). The zero-order valence-corrected chi connectivity index (χ0v) is 10.8. The smallest absolute Gasteiger partial charge is 0.128 e. The Morgan fingerprint density at radius 3 is 2.72 bits per heavy atom. The number of nitrogens with zero attached hydrogens (tertiary/aromatic N) is 2. The molecule has 18 heavy (non-hydrogen) atoms.